The molecule has 1 N–H and O–H groups in total. The smallest absolute Gasteiger partial charge is 0.306 e. The van der Waals surface area contributed by atoms with E-state index in [1.165, 1.54) is 0 Å². The molecule has 178 valence electrons. The summed E-state index contributed by atoms with van der Waals surface area (Å²) in [6, 6.07) is 17.9. The number of nitrogens with one attached hydrogen (secondary N) is 1. The third-order valence-electron chi connectivity index (χ3n) is 5.48. The van der Waals surface area contributed by atoms with Crippen LogP contribution in [-0.4, -0.2) is 47.2 Å². The summed E-state index contributed by atoms with van der Waals surface area (Å²) < 4.78 is 37.7. The number of hydrogen-bond acceptors (Lipinski definition) is 8. The number of methoxy groups -OCH3 is 1. The van der Waals surface area contributed by atoms with E-state index in [0.29, 0.717) is 46.8 Å². The Morgan fingerprint density at radius 3 is 2.74 bits per heavy atom. The maximum absolute atomic E-state index is 12.5. The van der Waals surface area contributed by atoms with Crippen LogP contribution in [0.5, 0.6) is 5.75 Å². The number of aromatic nitrogens is 4. The second-order valence-electron chi connectivity index (χ2n) is 7.77. The number of benzene rings is 2. The largest absolute Gasteiger partial charge is 0.497 e. The molecule has 0 bridgehead atoms. The number of oxazole rings is 1. The number of anilines is 1. The fourth-order valence-electron chi connectivity index (χ4n) is 3.79. The van der Waals surface area contributed by atoms with Crippen LogP contribution in [0.3, 0.4) is 0 Å². The number of fused-ring (bicyclic) bond motifs is 1. The summed E-state index contributed by atoms with van der Waals surface area (Å²) in [6.45, 7) is 0.409. The number of hydrogen-bond donors (Lipinski definition) is 1. The van der Waals surface area contributed by atoms with Crippen molar-refractivity contribution in [3.63, 3.8) is 0 Å². The van der Waals surface area contributed by atoms with Gasteiger partial charge in [0, 0.05) is 24.5 Å². The number of nitrogens with zero attached hydrogens (tertiary/aromatic N) is 4. The molecule has 9 nitrogen and oxygen atoms in total. The highest BCUT2D eigenvalue weighted by atomic mass is 32.2. The van der Waals surface area contributed by atoms with Crippen molar-refractivity contribution in [2.24, 2.45) is 0 Å². The average molecular weight is 490 g/mol. The lowest BCUT2D eigenvalue weighted by Crippen LogP contribution is -2.13. The van der Waals surface area contributed by atoms with Crippen molar-refractivity contribution >= 4 is 21.6 Å². The highest BCUT2D eigenvalue weighted by Gasteiger charge is 2.20. The Kier molecular flexibility index (Phi) is 6.19. The predicted octanol–water partition coefficient (Wildman–Crippen LogP) is 4.34. The summed E-state index contributed by atoms with van der Waals surface area (Å²) in [6.07, 6.45) is 5.42. The minimum atomic E-state index is -3.33. The zero-order chi connectivity index (χ0) is 24.3. The SMILES string of the molecule is COc1cccc(-c2nc3occn3c2-c2ccnc(NCCCS(=O)(=O)c3ccccc3)n2)c1. The van der Waals surface area contributed by atoms with Crippen LogP contribution in [0.15, 0.2) is 88.6 Å². The Morgan fingerprint density at radius 1 is 1.06 bits per heavy atom. The molecule has 0 spiro atoms. The van der Waals surface area contributed by atoms with Gasteiger partial charge in [0.1, 0.15) is 23.4 Å². The van der Waals surface area contributed by atoms with Crippen LogP contribution < -0.4 is 10.1 Å². The van der Waals surface area contributed by atoms with Gasteiger partial charge in [0.2, 0.25) is 5.95 Å². The highest BCUT2D eigenvalue weighted by Crippen LogP contribution is 2.33. The van der Waals surface area contributed by atoms with E-state index < -0.39 is 9.84 Å². The van der Waals surface area contributed by atoms with E-state index in [9.17, 15) is 8.42 Å². The summed E-state index contributed by atoms with van der Waals surface area (Å²) in [4.78, 5) is 13.9. The molecule has 10 heteroatoms. The zero-order valence-corrected chi connectivity index (χ0v) is 19.8. The Labute approximate surface area is 202 Å². The number of imidazole rings is 1. The first-order valence-corrected chi connectivity index (χ1v) is 12.7. The molecule has 0 atom stereocenters. The second-order valence-corrected chi connectivity index (χ2v) is 9.88. The van der Waals surface area contributed by atoms with Gasteiger partial charge in [-0.05, 0) is 36.8 Å². The molecule has 0 saturated carbocycles. The Morgan fingerprint density at radius 2 is 1.91 bits per heavy atom. The summed E-state index contributed by atoms with van der Waals surface area (Å²) in [7, 11) is -1.71. The monoisotopic (exact) mass is 489 g/mol. The minimum Gasteiger partial charge on any atom is -0.497 e. The standard InChI is InChI=1S/C25H23N5O4S/c1-33-19-8-5-7-18(17-19)22-23(30-14-15-34-25(30)29-22)21-11-13-27-24(28-21)26-12-6-16-35(31,32)20-9-3-2-4-10-20/h2-5,7-11,13-15,17H,6,12,16H2,1H3,(H,26,27,28). The summed E-state index contributed by atoms with van der Waals surface area (Å²) in [5.74, 6) is 1.59. The van der Waals surface area contributed by atoms with Crippen LogP contribution in [0.4, 0.5) is 5.95 Å². The van der Waals surface area contributed by atoms with Crippen LogP contribution in [0.25, 0.3) is 28.5 Å². The lowest BCUT2D eigenvalue weighted by molar-refractivity contribution is 0.415. The highest BCUT2D eigenvalue weighted by molar-refractivity contribution is 7.91. The van der Waals surface area contributed by atoms with Gasteiger partial charge in [-0.2, -0.15) is 4.98 Å². The minimum absolute atomic E-state index is 0.0297. The van der Waals surface area contributed by atoms with Crippen molar-refractivity contribution in [1.29, 1.82) is 0 Å². The Balaban J connectivity index is 1.36. The molecule has 0 saturated heterocycles. The van der Waals surface area contributed by atoms with Gasteiger partial charge in [-0.1, -0.05) is 30.3 Å². The third kappa shape index (κ3) is 4.73. The molecule has 5 aromatic rings. The van der Waals surface area contributed by atoms with Crippen LogP contribution in [0.1, 0.15) is 6.42 Å². The van der Waals surface area contributed by atoms with Gasteiger partial charge in [0.25, 0.3) is 0 Å². The van der Waals surface area contributed by atoms with Crippen molar-refractivity contribution in [2.75, 3.05) is 24.7 Å². The van der Waals surface area contributed by atoms with Crippen LogP contribution in [0.2, 0.25) is 0 Å². The predicted molar refractivity (Wildman–Crippen MR) is 132 cm³/mol. The molecule has 0 fully saturated rings. The van der Waals surface area contributed by atoms with Gasteiger partial charge in [-0.3, -0.25) is 4.40 Å². The van der Waals surface area contributed by atoms with E-state index in [1.54, 1.807) is 62.2 Å². The molecule has 0 aliphatic carbocycles. The number of rotatable bonds is 9. The third-order valence-corrected chi connectivity index (χ3v) is 7.30. The van der Waals surface area contributed by atoms with Gasteiger partial charge in [0.15, 0.2) is 9.84 Å². The molecule has 5 rings (SSSR count). The van der Waals surface area contributed by atoms with Gasteiger partial charge in [0.05, 0.1) is 23.5 Å². The van der Waals surface area contributed by atoms with Gasteiger partial charge < -0.3 is 14.5 Å². The van der Waals surface area contributed by atoms with E-state index in [1.807, 2.05) is 28.7 Å². The van der Waals surface area contributed by atoms with Gasteiger partial charge >= 0.3 is 5.84 Å². The van der Waals surface area contributed by atoms with Crippen molar-refractivity contribution in [2.45, 2.75) is 11.3 Å². The van der Waals surface area contributed by atoms with Crippen LogP contribution in [0, 0.1) is 0 Å². The summed E-state index contributed by atoms with van der Waals surface area (Å²) in [5, 5.41) is 3.13. The van der Waals surface area contributed by atoms with Crippen LogP contribution >= 0.6 is 0 Å². The normalized spacial score (nSPS) is 11.6. The maximum atomic E-state index is 12.5. The molecule has 3 heterocycles. The summed E-state index contributed by atoms with van der Waals surface area (Å²) in [5.41, 5.74) is 2.95. The van der Waals surface area contributed by atoms with Gasteiger partial charge in [-0.15, -0.1) is 0 Å². The molecule has 3 aromatic heterocycles. The van der Waals surface area contributed by atoms with Gasteiger partial charge in [-0.25, -0.2) is 18.4 Å². The fraction of sp³-hybridized carbons (Fsp3) is 0.160. The van der Waals surface area contributed by atoms with E-state index >= 15 is 0 Å². The molecular weight excluding hydrogens is 466 g/mol. The lowest BCUT2D eigenvalue weighted by atomic mass is 10.1. The van der Waals surface area contributed by atoms with E-state index in [4.69, 9.17) is 9.15 Å². The molecule has 0 aliphatic heterocycles. The quantitative estimate of drug-likeness (QED) is 0.305. The van der Waals surface area contributed by atoms with Crippen molar-refractivity contribution in [3.05, 3.63) is 79.3 Å². The Bertz CT molecular complexity index is 1560. The molecule has 0 aliphatic rings. The molecule has 2 aromatic carbocycles. The van der Waals surface area contributed by atoms with E-state index in [-0.39, 0.29) is 5.75 Å². The first-order chi connectivity index (χ1) is 17.0. The summed E-state index contributed by atoms with van der Waals surface area (Å²) >= 11 is 0. The van der Waals surface area contributed by atoms with Crippen molar-refractivity contribution in [3.8, 4) is 28.4 Å². The maximum Gasteiger partial charge on any atom is 0.306 e. The molecule has 0 amide bonds. The molecule has 35 heavy (non-hydrogen) atoms. The van der Waals surface area contributed by atoms with E-state index in [0.717, 1.165) is 11.3 Å². The number of ether oxygens (including phenoxy) is 1. The number of sulfone groups is 1. The first kappa shape index (κ1) is 22.6. The van der Waals surface area contributed by atoms with Crippen molar-refractivity contribution < 1.29 is 17.6 Å². The fourth-order valence-corrected chi connectivity index (χ4v) is 5.12. The molecular formula is C25H23N5O4S. The Hall–Kier alpha value is -4.18. The van der Waals surface area contributed by atoms with E-state index in [2.05, 4.69) is 20.3 Å². The lowest BCUT2D eigenvalue weighted by Gasteiger charge is -2.09. The topological polar surface area (TPSA) is 112 Å². The molecule has 0 unspecified atom stereocenters. The molecule has 0 radical (unpaired) electrons. The average Bonchev–Trinajstić information content (AvgIpc) is 3.49. The van der Waals surface area contributed by atoms with Crippen molar-refractivity contribution in [1.82, 2.24) is 19.4 Å². The van der Waals surface area contributed by atoms with Crippen LogP contribution in [-0.2, 0) is 9.84 Å². The second kappa shape index (κ2) is 9.59. The first-order valence-electron chi connectivity index (χ1n) is 11.0. The zero-order valence-electron chi connectivity index (χ0n) is 19.0.